The van der Waals surface area contributed by atoms with Crippen molar-refractivity contribution >= 4 is 35.6 Å². The number of aliphatic imine (C=N–C) groups is 1. The van der Waals surface area contributed by atoms with Crippen LogP contribution in [-0.4, -0.2) is 38.9 Å². The molecule has 2 aliphatic rings. The van der Waals surface area contributed by atoms with E-state index in [4.69, 9.17) is 19.9 Å². The average Bonchev–Trinajstić information content (AvgIpc) is 2.86. The summed E-state index contributed by atoms with van der Waals surface area (Å²) in [5, 5.41) is 3.15. The maximum atomic E-state index is 6.08. The van der Waals surface area contributed by atoms with Crippen LogP contribution in [0.5, 0.6) is 11.5 Å². The van der Waals surface area contributed by atoms with E-state index in [9.17, 15) is 0 Å². The number of anilines is 1. The van der Waals surface area contributed by atoms with Gasteiger partial charge in [-0.15, -0.1) is 24.0 Å². The Morgan fingerprint density at radius 2 is 1.88 bits per heavy atom. The first-order valence-corrected chi connectivity index (χ1v) is 8.75. The van der Waals surface area contributed by atoms with Crippen LogP contribution in [0.25, 0.3) is 0 Å². The van der Waals surface area contributed by atoms with Crippen molar-refractivity contribution in [2.75, 3.05) is 38.3 Å². The minimum atomic E-state index is 0. The van der Waals surface area contributed by atoms with Gasteiger partial charge < -0.3 is 25.3 Å². The Balaban J connectivity index is 0.00000225. The maximum absolute atomic E-state index is 6.08. The molecule has 0 spiro atoms. The number of nitrogens with zero attached hydrogens (tertiary/aromatic N) is 1. The highest BCUT2D eigenvalue weighted by Gasteiger charge is 2.30. The fourth-order valence-electron chi connectivity index (χ4n) is 3.11. The smallest absolute Gasteiger partial charge is 0.193 e. The minimum Gasteiger partial charge on any atom is -0.490 e. The minimum absolute atomic E-state index is 0. The number of hydrogen-bond donors (Lipinski definition) is 2. The second kappa shape index (κ2) is 9.47. The van der Waals surface area contributed by atoms with Crippen LogP contribution in [-0.2, 0) is 4.74 Å². The van der Waals surface area contributed by atoms with E-state index in [-0.39, 0.29) is 29.4 Å². The van der Waals surface area contributed by atoms with E-state index in [1.54, 1.807) is 0 Å². The third-order valence-electron chi connectivity index (χ3n) is 4.91. The molecular formula is C18H28IN3O3. The Labute approximate surface area is 166 Å². The lowest BCUT2D eigenvalue weighted by Gasteiger charge is -2.35. The molecule has 25 heavy (non-hydrogen) atoms. The van der Waals surface area contributed by atoms with Crippen LogP contribution < -0.4 is 20.5 Å². The highest BCUT2D eigenvalue weighted by atomic mass is 127. The van der Waals surface area contributed by atoms with E-state index in [1.807, 2.05) is 18.2 Å². The lowest BCUT2D eigenvalue weighted by atomic mass is 9.78. The van der Waals surface area contributed by atoms with Gasteiger partial charge in [-0.25, -0.2) is 0 Å². The lowest BCUT2D eigenvalue weighted by molar-refractivity contribution is 0.0174. The van der Waals surface area contributed by atoms with Gasteiger partial charge in [0.15, 0.2) is 17.5 Å². The third kappa shape index (κ3) is 5.37. The molecule has 7 heteroatoms. The topological polar surface area (TPSA) is 78.1 Å². The molecule has 0 bridgehead atoms. The number of hydrogen-bond acceptors (Lipinski definition) is 4. The summed E-state index contributed by atoms with van der Waals surface area (Å²) in [7, 11) is 0. The monoisotopic (exact) mass is 461 g/mol. The Hall–Kier alpha value is -1.22. The van der Waals surface area contributed by atoms with Gasteiger partial charge in [0.25, 0.3) is 0 Å². The standard InChI is InChI=1S/C18H27N3O3.HI/c1-2-18(6-10-22-11-7-18)13-20-17(19)21-14-4-5-15-16(12-14)24-9-3-8-23-15;/h4-5,12H,2-3,6-11,13H2,1H3,(H3,19,20,21);1H. The fourth-order valence-corrected chi connectivity index (χ4v) is 3.11. The summed E-state index contributed by atoms with van der Waals surface area (Å²) in [5.41, 5.74) is 7.16. The largest absolute Gasteiger partial charge is 0.490 e. The second-order valence-corrected chi connectivity index (χ2v) is 6.50. The van der Waals surface area contributed by atoms with Crippen LogP contribution in [0.2, 0.25) is 0 Å². The number of benzene rings is 1. The summed E-state index contributed by atoms with van der Waals surface area (Å²) in [6.45, 7) is 5.94. The SMILES string of the molecule is CCC1(CN=C(N)Nc2ccc3c(c2)OCCCO3)CCOCC1.I. The van der Waals surface area contributed by atoms with E-state index >= 15 is 0 Å². The zero-order valence-electron chi connectivity index (χ0n) is 14.8. The van der Waals surface area contributed by atoms with Gasteiger partial charge in [0.2, 0.25) is 0 Å². The van der Waals surface area contributed by atoms with E-state index < -0.39 is 0 Å². The summed E-state index contributed by atoms with van der Waals surface area (Å²) in [6, 6.07) is 5.75. The van der Waals surface area contributed by atoms with Crippen molar-refractivity contribution in [1.82, 2.24) is 0 Å². The van der Waals surface area contributed by atoms with E-state index in [1.165, 1.54) is 0 Å². The van der Waals surface area contributed by atoms with Gasteiger partial charge in [-0.1, -0.05) is 6.92 Å². The van der Waals surface area contributed by atoms with Crippen molar-refractivity contribution < 1.29 is 14.2 Å². The zero-order valence-corrected chi connectivity index (χ0v) is 17.1. The van der Waals surface area contributed by atoms with E-state index in [2.05, 4.69) is 17.2 Å². The number of nitrogens with two attached hydrogens (primary N) is 1. The van der Waals surface area contributed by atoms with Crippen LogP contribution in [0.15, 0.2) is 23.2 Å². The molecule has 0 atom stereocenters. The normalized spacial score (nSPS) is 19.5. The van der Waals surface area contributed by atoms with Crippen LogP contribution in [0.1, 0.15) is 32.6 Å². The summed E-state index contributed by atoms with van der Waals surface area (Å²) in [6.07, 6.45) is 4.08. The highest BCUT2D eigenvalue weighted by Crippen LogP contribution is 2.34. The number of halogens is 1. The molecule has 1 saturated heterocycles. The molecule has 0 unspecified atom stereocenters. The van der Waals surface area contributed by atoms with Crippen molar-refractivity contribution in [3.8, 4) is 11.5 Å². The van der Waals surface area contributed by atoms with Gasteiger partial charge in [-0.2, -0.15) is 0 Å². The molecule has 1 fully saturated rings. The maximum Gasteiger partial charge on any atom is 0.193 e. The van der Waals surface area contributed by atoms with E-state index in [0.717, 1.165) is 62.6 Å². The Bertz CT molecular complexity index is 589. The van der Waals surface area contributed by atoms with Crippen LogP contribution in [0, 0.1) is 5.41 Å². The molecule has 1 aromatic carbocycles. The predicted octanol–water partition coefficient (Wildman–Crippen LogP) is 3.40. The first-order valence-electron chi connectivity index (χ1n) is 8.75. The summed E-state index contributed by atoms with van der Waals surface area (Å²) < 4.78 is 16.8. The molecule has 6 nitrogen and oxygen atoms in total. The van der Waals surface area contributed by atoms with Crippen molar-refractivity contribution in [1.29, 1.82) is 0 Å². The van der Waals surface area contributed by atoms with Crippen molar-refractivity contribution in [3.63, 3.8) is 0 Å². The van der Waals surface area contributed by atoms with Gasteiger partial charge in [-0.3, -0.25) is 4.99 Å². The van der Waals surface area contributed by atoms with Crippen LogP contribution in [0.3, 0.4) is 0 Å². The first kappa shape index (κ1) is 20.1. The molecule has 3 N–H and O–H groups in total. The van der Waals surface area contributed by atoms with Crippen LogP contribution >= 0.6 is 24.0 Å². The molecule has 0 saturated carbocycles. The number of guanidine groups is 1. The fraction of sp³-hybridized carbons (Fsp3) is 0.611. The third-order valence-corrected chi connectivity index (χ3v) is 4.91. The summed E-state index contributed by atoms with van der Waals surface area (Å²) in [4.78, 5) is 4.57. The number of fused-ring (bicyclic) bond motifs is 1. The molecule has 2 heterocycles. The zero-order chi connectivity index (χ0) is 16.8. The van der Waals surface area contributed by atoms with Crippen molar-refractivity contribution in [2.24, 2.45) is 16.1 Å². The Morgan fingerprint density at radius 1 is 1.16 bits per heavy atom. The number of nitrogens with one attached hydrogen (secondary N) is 1. The molecule has 0 amide bonds. The highest BCUT2D eigenvalue weighted by molar-refractivity contribution is 14.0. The quantitative estimate of drug-likeness (QED) is 0.409. The van der Waals surface area contributed by atoms with E-state index in [0.29, 0.717) is 19.2 Å². The molecule has 0 aromatic heterocycles. The van der Waals surface area contributed by atoms with Gasteiger partial charge in [0.05, 0.1) is 13.2 Å². The molecule has 2 aliphatic heterocycles. The molecule has 3 rings (SSSR count). The Morgan fingerprint density at radius 3 is 2.60 bits per heavy atom. The summed E-state index contributed by atoms with van der Waals surface area (Å²) in [5.74, 6) is 1.96. The van der Waals surface area contributed by atoms with Crippen molar-refractivity contribution in [2.45, 2.75) is 32.6 Å². The van der Waals surface area contributed by atoms with Crippen LogP contribution in [0.4, 0.5) is 5.69 Å². The van der Waals surface area contributed by atoms with Crippen molar-refractivity contribution in [3.05, 3.63) is 18.2 Å². The second-order valence-electron chi connectivity index (χ2n) is 6.50. The first-order chi connectivity index (χ1) is 11.7. The van der Waals surface area contributed by atoms with Gasteiger partial charge in [-0.05, 0) is 36.8 Å². The predicted molar refractivity (Wildman–Crippen MR) is 110 cm³/mol. The van der Waals surface area contributed by atoms with Gasteiger partial charge in [0, 0.05) is 37.9 Å². The molecular weight excluding hydrogens is 433 g/mol. The Kier molecular flexibility index (Phi) is 7.61. The van der Waals surface area contributed by atoms with Gasteiger partial charge in [0.1, 0.15) is 0 Å². The summed E-state index contributed by atoms with van der Waals surface area (Å²) >= 11 is 0. The number of rotatable bonds is 4. The number of ether oxygens (including phenoxy) is 3. The molecule has 0 aliphatic carbocycles. The average molecular weight is 461 g/mol. The molecule has 140 valence electrons. The molecule has 1 aromatic rings. The molecule has 0 radical (unpaired) electrons. The lowest BCUT2D eigenvalue weighted by Crippen LogP contribution is -2.33. The van der Waals surface area contributed by atoms with Gasteiger partial charge >= 0.3 is 0 Å².